The van der Waals surface area contributed by atoms with Gasteiger partial charge in [0.15, 0.2) is 0 Å². The standard InChI is InChI=1S/C20H17F2N7O2S/c21-20(22)6-15(7-23)28(10-20)18(30)8-25-19(31)16-9-32-17(27-16)5-13-1-3-14(4-2-13)29-12-24-11-26-29/h1-4,9,11-12,15H,5-6,8,10H2,(H,25,31)/t15-/m0/s1. The van der Waals surface area contributed by atoms with Gasteiger partial charge in [-0.2, -0.15) is 10.4 Å². The number of aromatic nitrogens is 4. The third kappa shape index (κ3) is 4.78. The van der Waals surface area contributed by atoms with E-state index in [0.29, 0.717) is 11.4 Å². The summed E-state index contributed by atoms with van der Waals surface area (Å²) < 4.78 is 28.6. The van der Waals surface area contributed by atoms with Gasteiger partial charge in [-0.1, -0.05) is 12.1 Å². The van der Waals surface area contributed by atoms with Crippen molar-refractivity contribution in [1.29, 1.82) is 5.26 Å². The fourth-order valence-electron chi connectivity index (χ4n) is 3.32. The predicted molar refractivity (Wildman–Crippen MR) is 109 cm³/mol. The van der Waals surface area contributed by atoms with Gasteiger partial charge < -0.3 is 10.2 Å². The normalized spacial score (nSPS) is 17.2. The molecular formula is C20H17F2N7O2S. The Morgan fingerprint density at radius 3 is 2.78 bits per heavy atom. The van der Waals surface area contributed by atoms with E-state index in [0.717, 1.165) is 16.2 Å². The minimum atomic E-state index is -3.10. The van der Waals surface area contributed by atoms with Gasteiger partial charge in [-0.25, -0.2) is 23.4 Å². The molecule has 1 aliphatic rings. The zero-order valence-corrected chi connectivity index (χ0v) is 17.4. The SMILES string of the molecule is N#C[C@@H]1CC(F)(F)CN1C(=O)CNC(=O)c1csc(Cc2ccc(-n3cncn3)cc2)n1. The Morgan fingerprint density at radius 2 is 2.09 bits per heavy atom. The van der Waals surface area contributed by atoms with E-state index in [1.54, 1.807) is 22.5 Å². The third-order valence-corrected chi connectivity index (χ3v) is 5.75. The van der Waals surface area contributed by atoms with Crippen LogP contribution in [-0.4, -0.2) is 61.5 Å². The summed E-state index contributed by atoms with van der Waals surface area (Å²) >= 11 is 1.30. The second kappa shape index (κ2) is 8.80. The number of hydrogen-bond donors (Lipinski definition) is 1. The smallest absolute Gasteiger partial charge is 0.271 e. The molecular weight excluding hydrogens is 440 g/mol. The zero-order chi connectivity index (χ0) is 22.7. The monoisotopic (exact) mass is 457 g/mol. The minimum absolute atomic E-state index is 0.139. The first kappa shape index (κ1) is 21.5. The molecule has 1 aromatic carbocycles. The van der Waals surface area contributed by atoms with Crippen LogP contribution in [0.5, 0.6) is 0 Å². The molecule has 2 aromatic heterocycles. The van der Waals surface area contributed by atoms with Crippen LogP contribution in [0.1, 0.15) is 27.5 Å². The van der Waals surface area contributed by atoms with Crippen LogP contribution in [0.15, 0.2) is 42.3 Å². The summed E-state index contributed by atoms with van der Waals surface area (Å²) in [7, 11) is 0. The maximum Gasteiger partial charge on any atom is 0.271 e. The van der Waals surface area contributed by atoms with E-state index in [9.17, 15) is 18.4 Å². The highest BCUT2D eigenvalue weighted by molar-refractivity contribution is 7.09. The number of nitrogens with one attached hydrogen (secondary N) is 1. The number of thiazole rings is 1. The molecule has 1 saturated heterocycles. The van der Waals surface area contributed by atoms with Crippen molar-refractivity contribution in [3.63, 3.8) is 0 Å². The van der Waals surface area contributed by atoms with Gasteiger partial charge in [0.05, 0.1) is 29.9 Å². The van der Waals surface area contributed by atoms with Gasteiger partial charge in [0.2, 0.25) is 5.91 Å². The van der Waals surface area contributed by atoms with Gasteiger partial charge in [-0.3, -0.25) is 9.59 Å². The van der Waals surface area contributed by atoms with Crippen molar-refractivity contribution in [2.24, 2.45) is 0 Å². The van der Waals surface area contributed by atoms with Crippen LogP contribution < -0.4 is 5.32 Å². The molecule has 1 N–H and O–H groups in total. The number of halogens is 2. The number of benzene rings is 1. The molecule has 2 amide bonds. The molecule has 1 atom stereocenters. The van der Waals surface area contributed by atoms with Crippen LogP contribution in [0.4, 0.5) is 8.78 Å². The Hall–Kier alpha value is -3.72. The van der Waals surface area contributed by atoms with E-state index < -0.39 is 43.3 Å². The molecule has 0 saturated carbocycles. The number of likely N-dealkylation sites (tertiary alicyclic amines) is 1. The van der Waals surface area contributed by atoms with Gasteiger partial charge in [0, 0.05) is 18.2 Å². The summed E-state index contributed by atoms with van der Waals surface area (Å²) in [5.74, 6) is -4.41. The molecule has 9 nitrogen and oxygen atoms in total. The van der Waals surface area contributed by atoms with E-state index >= 15 is 0 Å². The number of carbonyl (C=O) groups is 2. The Bertz CT molecular complexity index is 1160. The van der Waals surface area contributed by atoms with Crippen LogP contribution in [0.3, 0.4) is 0 Å². The van der Waals surface area contributed by atoms with Crippen molar-refractivity contribution in [2.45, 2.75) is 24.8 Å². The molecule has 12 heteroatoms. The molecule has 3 aromatic rings. The zero-order valence-electron chi connectivity index (χ0n) is 16.6. The van der Waals surface area contributed by atoms with Crippen molar-refractivity contribution in [3.05, 3.63) is 58.6 Å². The average molecular weight is 457 g/mol. The number of nitriles is 1. The van der Waals surface area contributed by atoms with E-state index in [1.165, 1.54) is 17.7 Å². The highest BCUT2D eigenvalue weighted by Gasteiger charge is 2.47. The summed E-state index contributed by atoms with van der Waals surface area (Å²) in [6.45, 7) is -1.31. The van der Waals surface area contributed by atoms with Gasteiger partial charge in [-0.05, 0) is 17.7 Å². The van der Waals surface area contributed by atoms with Crippen LogP contribution >= 0.6 is 11.3 Å². The molecule has 0 bridgehead atoms. The summed E-state index contributed by atoms with van der Waals surface area (Å²) in [4.78, 5) is 33.5. The average Bonchev–Trinajstić information content (AvgIpc) is 3.52. The number of hydrogen-bond acceptors (Lipinski definition) is 7. The Balaban J connectivity index is 1.32. The highest BCUT2D eigenvalue weighted by Crippen LogP contribution is 2.31. The van der Waals surface area contributed by atoms with E-state index in [2.05, 4.69) is 20.4 Å². The first-order chi connectivity index (χ1) is 15.3. The minimum Gasteiger partial charge on any atom is -0.342 e. The van der Waals surface area contributed by atoms with Crippen molar-refractivity contribution >= 4 is 23.2 Å². The van der Waals surface area contributed by atoms with E-state index in [-0.39, 0.29) is 5.69 Å². The van der Waals surface area contributed by atoms with Crippen molar-refractivity contribution in [1.82, 2.24) is 30.0 Å². The predicted octanol–water partition coefficient (Wildman–Crippen LogP) is 1.80. The van der Waals surface area contributed by atoms with Gasteiger partial charge in [-0.15, -0.1) is 11.3 Å². The van der Waals surface area contributed by atoms with Gasteiger partial charge in [0.1, 0.15) is 24.4 Å². The van der Waals surface area contributed by atoms with Crippen LogP contribution in [0.2, 0.25) is 0 Å². The Labute approximate surface area is 185 Å². The summed E-state index contributed by atoms with van der Waals surface area (Å²) in [5, 5.41) is 17.7. The molecule has 3 heterocycles. The molecule has 4 rings (SSSR count). The number of rotatable bonds is 6. The van der Waals surface area contributed by atoms with Crippen molar-refractivity contribution < 1.29 is 18.4 Å². The van der Waals surface area contributed by atoms with Gasteiger partial charge >= 0.3 is 0 Å². The number of carbonyl (C=O) groups excluding carboxylic acids is 2. The maximum absolute atomic E-state index is 13.5. The molecule has 1 fully saturated rings. The number of nitrogens with zero attached hydrogens (tertiary/aromatic N) is 6. The second-order valence-corrected chi connectivity index (χ2v) is 8.16. The molecule has 164 valence electrons. The molecule has 0 aliphatic carbocycles. The Morgan fingerprint density at radius 1 is 1.31 bits per heavy atom. The fourth-order valence-corrected chi connectivity index (χ4v) is 4.13. The van der Waals surface area contributed by atoms with E-state index in [1.807, 2.05) is 24.3 Å². The Kier molecular flexibility index (Phi) is 5.91. The first-order valence-corrected chi connectivity index (χ1v) is 10.5. The van der Waals surface area contributed by atoms with Crippen molar-refractivity contribution in [2.75, 3.05) is 13.1 Å². The quantitative estimate of drug-likeness (QED) is 0.603. The highest BCUT2D eigenvalue weighted by atomic mass is 32.1. The molecule has 0 unspecified atom stereocenters. The maximum atomic E-state index is 13.5. The lowest BCUT2D eigenvalue weighted by molar-refractivity contribution is -0.131. The number of alkyl halides is 2. The van der Waals surface area contributed by atoms with Crippen LogP contribution in [0.25, 0.3) is 5.69 Å². The lowest BCUT2D eigenvalue weighted by Crippen LogP contribution is -2.43. The molecule has 32 heavy (non-hydrogen) atoms. The molecule has 0 spiro atoms. The van der Waals surface area contributed by atoms with E-state index in [4.69, 9.17) is 5.26 Å². The third-order valence-electron chi connectivity index (χ3n) is 4.90. The van der Waals surface area contributed by atoms with Gasteiger partial charge in [0.25, 0.3) is 11.8 Å². The lowest BCUT2D eigenvalue weighted by Gasteiger charge is -2.19. The van der Waals surface area contributed by atoms with Crippen molar-refractivity contribution in [3.8, 4) is 11.8 Å². The first-order valence-electron chi connectivity index (χ1n) is 9.58. The second-order valence-electron chi connectivity index (χ2n) is 7.22. The summed E-state index contributed by atoms with van der Waals surface area (Å²) in [5.41, 5.74) is 1.99. The summed E-state index contributed by atoms with van der Waals surface area (Å²) in [6.07, 6.45) is 2.87. The summed E-state index contributed by atoms with van der Waals surface area (Å²) in [6, 6.07) is 8.15. The number of amides is 2. The lowest BCUT2D eigenvalue weighted by atomic mass is 10.1. The molecule has 0 radical (unpaired) electrons. The van der Waals surface area contributed by atoms with Crippen LogP contribution in [-0.2, 0) is 11.2 Å². The topological polar surface area (TPSA) is 117 Å². The van der Waals surface area contributed by atoms with Crippen LogP contribution in [0, 0.1) is 11.3 Å². The largest absolute Gasteiger partial charge is 0.342 e. The fraction of sp³-hybridized carbons (Fsp3) is 0.300. The molecule has 1 aliphatic heterocycles.